The van der Waals surface area contributed by atoms with Gasteiger partial charge in [0.05, 0.1) is 24.6 Å². The summed E-state index contributed by atoms with van der Waals surface area (Å²) in [6.45, 7) is 2.76. The number of anilines is 1. The Bertz CT molecular complexity index is 952. The van der Waals surface area contributed by atoms with Crippen LogP contribution < -0.4 is 5.32 Å². The van der Waals surface area contributed by atoms with E-state index >= 15 is 0 Å². The zero-order valence-electron chi connectivity index (χ0n) is 14.4. The molecule has 138 valence electrons. The number of carbonyl (C=O) groups excluding carboxylic acids is 1. The predicted octanol–water partition coefficient (Wildman–Crippen LogP) is 3.91. The summed E-state index contributed by atoms with van der Waals surface area (Å²) in [5.41, 5.74) is 3.43. The summed E-state index contributed by atoms with van der Waals surface area (Å²) in [6.07, 6.45) is 1.81. The van der Waals surface area contributed by atoms with Crippen LogP contribution in [0, 0.1) is 3.57 Å². The van der Waals surface area contributed by atoms with Crippen molar-refractivity contribution in [2.24, 2.45) is 4.99 Å². The molecule has 2 aliphatic heterocycles. The normalized spacial score (nSPS) is 18.6. The van der Waals surface area contributed by atoms with E-state index in [2.05, 4.69) is 32.8 Å². The standard InChI is InChI=1S/C20H17ClIN3O2/c21-16-4-2-1-3-14(16)19-15-11-13(22)5-6-17(15)24-20(26)18(23-19)12-25-7-9-27-10-8-25/h1-6,11-12H,7-10H2,(H,24,26). The second-order valence-corrected chi connectivity index (χ2v) is 7.90. The molecule has 2 aliphatic rings. The van der Waals surface area contributed by atoms with Gasteiger partial charge in [0.1, 0.15) is 5.70 Å². The molecule has 0 saturated carbocycles. The van der Waals surface area contributed by atoms with E-state index in [0.717, 1.165) is 33.5 Å². The molecule has 1 amide bonds. The van der Waals surface area contributed by atoms with Gasteiger partial charge in [0.15, 0.2) is 0 Å². The lowest BCUT2D eigenvalue weighted by molar-refractivity contribution is -0.113. The van der Waals surface area contributed by atoms with Crippen LogP contribution in [0.5, 0.6) is 0 Å². The molecule has 1 saturated heterocycles. The van der Waals surface area contributed by atoms with Crippen molar-refractivity contribution in [3.63, 3.8) is 0 Å². The predicted molar refractivity (Wildman–Crippen MR) is 115 cm³/mol. The summed E-state index contributed by atoms with van der Waals surface area (Å²) in [5.74, 6) is -0.231. The molecule has 2 heterocycles. The molecule has 0 aliphatic carbocycles. The van der Waals surface area contributed by atoms with Crippen molar-refractivity contribution in [3.8, 4) is 0 Å². The lowest BCUT2D eigenvalue weighted by Crippen LogP contribution is -2.33. The van der Waals surface area contributed by atoms with Crippen LogP contribution in [0.15, 0.2) is 59.4 Å². The molecule has 0 unspecified atom stereocenters. The number of carbonyl (C=O) groups is 1. The van der Waals surface area contributed by atoms with Crippen LogP contribution in [0.1, 0.15) is 11.1 Å². The van der Waals surface area contributed by atoms with Crippen molar-refractivity contribution in [1.82, 2.24) is 4.90 Å². The van der Waals surface area contributed by atoms with Gasteiger partial charge < -0.3 is 15.0 Å². The van der Waals surface area contributed by atoms with Crippen molar-refractivity contribution >= 4 is 51.5 Å². The van der Waals surface area contributed by atoms with E-state index in [4.69, 9.17) is 21.3 Å². The number of halogens is 2. The zero-order valence-corrected chi connectivity index (χ0v) is 17.3. The van der Waals surface area contributed by atoms with Gasteiger partial charge in [-0.1, -0.05) is 29.8 Å². The summed E-state index contributed by atoms with van der Waals surface area (Å²) < 4.78 is 6.44. The monoisotopic (exact) mass is 493 g/mol. The third-order valence-electron chi connectivity index (χ3n) is 4.43. The smallest absolute Gasteiger partial charge is 0.275 e. The Kier molecular flexibility index (Phi) is 5.47. The maximum atomic E-state index is 12.8. The molecule has 7 heteroatoms. The number of ether oxygens (including phenoxy) is 1. The minimum Gasteiger partial charge on any atom is -0.378 e. The highest BCUT2D eigenvalue weighted by Gasteiger charge is 2.24. The van der Waals surface area contributed by atoms with Crippen molar-refractivity contribution in [2.45, 2.75) is 0 Å². The maximum absolute atomic E-state index is 12.8. The average molecular weight is 494 g/mol. The first kappa shape index (κ1) is 18.5. The molecule has 1 fully saturated rings. The van der Waals surface area contributed by atoms with Crippen LogP contribution >= 0.6 is 34.2 Å². The van der Waals surface area contributed by atoms with Gasteiger partial charge in [-0.2, -0.15) is 0 Å². The van der Waals surface area contributed by atoms with Crippen LogP contribution in [-0.4, -0.2) is 42.8 Å². The number of benzene rings is 2. The summed E-state index contributed by atoms with van der Waals surface area (Å²) >= 11 is 8.71. The van der Waals surface area contributed by atoms with Crippen molar-refractivity contribution in [3.05, 3.63) is 74.1 Å². The Morgan fingerprint density at radius 1 is 1.15 bits per heavy atom. The van der Waals surface area contributed by atoms with E-state index < -0.39 is 0 Å². The van der Waals surface area contributed by atoms with Crippen LogP contribution in [0.4, 0.5) is 5.69 Å². The highest BCUT2D eigenvalue weighted by atomic mass is 127. The number of fused-ring (bicyclic) bond motifs is 1. The van der Waals surface area contributed by atoms with Crippen molar-refractivity contribution in [1.29, 1.82) is 0 Å². The highest BCUT2D eigenvalue weighted by molar-refractivity contribution is 14.1. The molecule has 0 spiro atoms. The van der Waals surface area contributed by atoms with Gasteiger partial charge in [-0.15, -0.1) is 0 Å². The molecule has 0 radical (unpaired) electrons. The van der Waals surface area contributed by atoms with Gasteiger partial charge in [-0.25, -0.2) is 4.99 Å². The third kappa shape index (κ3) is 4.02. The molecule has 4 rings (SSSR count). The number of hydrogen-bond donors (Lipinski definition) is 1. The first-order valence-corrected chi connectivity index (χ1v) is 10.1. The first-order valence-electron chi connectivity index (χ1n) is 8.60. The number of nitrogens with zero attached hydrogens (tertiary/aromatic N) is 2. The fraction of sp³-hybridized carbons (Fsp3) is 0.200. The van der Waals surface area contributed by atoms with Crippen LogP contribution in [-0.2, 0) is 9.53 Å². The van der Waals surface area contributed by atoms with E-state index in [1.165, 1.54) is 0 Å². The molecule has 2 aromatic rings. The van der Waals surface area contributed by atoms with E-state index in [0.29, 0.717) is 29.6 Å². The number of aliphatic imine (C=N–C) groups is 1. The summed E-state index contributed by atoms with van der Waals surface area (Å²) in [6, 6.07) is 13.4. The second-order valence-electron chi connectivity index (χ2n) is 6.25. The summed E-state index contributed by atoms with van der Waals surface area (Å²) in [4.78, 5) is 19.6. The van der Waals surface area contributed by atoms with E-state index in [9.17, 15) is 4.79 Å². The number of hydrogen-bond acceptors (Lipinski definition) is 4. The molecule has 5 nitrogen and oxygen atoms in total. The van der Waals surface area contributed by atoms with Gasteiger partial charge in [-0.3, -0.25) is 4.79 Å². The fourth-order valence-electron chi connectivity index (χ4n) is 3.06. The van der Waals surface area contributed by atoms with Gasteiger partial charge in [-0.05, 0) is 46.9 Å². The van der Waals surface area contributed by atoms with E-state index in [1.54, 1.807) is 0 Å². The SMILES string of the molecule is O=C1Nc2ccc(I)cc2C(c2ccccc2Cl)=NC1=CN1CCOCC1. The lowest BCUT2D eigenvalue weighted by Gasteiger charge is -2.25. The Morgan fingerprint density at radius 2 is 1.93 bits per heavy atom. The fourth-order valence-corrected chi connectivity index (χ4v) is 3.78. The molecule has 0 atom stereocenters. The topological polar surface area (TPSA) is 53.9 Å². The molecule has 0 aromatic heterocycles. The Hall–Kier alpha value is -1.90. The van der Waals surface area contributed by atoms with Gasteiger partial charge in [0.25, 0.3) is 5.91 Å². The molecule has 2 aromatic carbocycles. The van der Waals surface area contributed by atoms with Crippen LogP contribution in [0.2, 0.25) is 5.02 Å². The zero-order chi connectivity index (χ0) is 18.8. The molecule has 1 N–H and O–H groups in total. The quantitative estimate of drug-likeness (QED) is 0.510. The highest BCUT2D eigenvalue weighted by Crippen LogP contribution is 2.29. The molecule has 0 bridgehead atoms. The summed E-state index contributed by atoms with van der Waals surface area (Å²) in [7, 11) is 0. The number of nitrogens with one attached hydrogen (secondary N) is 1. The summed E-state index contributed by atoms with van der Waals surface area (Å²) in [5, 5.41) is 3.58. The largest absolute Gasteiger partial charge is 0.378 e. The number of rotatable bonds is 2. The minimum atomic E-state index is -0.231. The molecule has 27 heavy (non-hydrogen) atoms. The van der Waals surface area contributed by atoms with Crippen LogP contribution in [0.3, 0.4) is 0 Å². The van der Waals surface area contributed by atoms with Gasteiger partial charge in [0.2, 0.25) is 0 Å². The molecular weight excluding hydrogens is 477 g/mol. The molecular formula is C20H17ClIN3O2. The first-order chi connectivity index (χ1) is 13.1. The van der Waals surface area contributed by atoms with Crippen molar-refractivity contribution in [2.75, 3.05) is 31.6 Å². The van der Waals surface area contributed by atoms with Gasteiger partial charge >= 0.3 is 0 Å². The van der Waals surface area contributed by atoms with Crippen molar-refractivity contribution < 1.29 is 9.53 Å². The maximum Gasteiger partial charge on any atom is 0.275 e. The Labute approximate surface area is 176 Å². The van der Waals surface area contributed by atoms with E-state index in [-0.39, 0.29) is 5.91 Å². The number of amides is 1. The average Bonchev–Trinajstić information content (AvgIpc) is 2.80. The minimum absolute atomic E-state index is 0.231. The van der Waals surface area contributed by atoms with Gasteiger partial charge in [0, 0.05) is 39.0 Å². The van der Waals surface area contributed by atoms with Crippen LogP contribution in [0.25, 0.3) is 0 Å². The second kappa shape index (κ2) is 8.00. The lowest BCUT2D eigenvalue weighted by atomic mass is 10.0. The Balaban J connectivity index is 1.87. The number of morpholine rings is 1. The number of benzodiazepines with no additional fused rings is 1. The van der Waals surface area contributed by atoms with E-state index in [1.807, 2.05) is 48.7 Å². The Morgan fingerprint density at radius 3 is 2.70 bits per heavy atom. The third-order valence-corrected chi connectivity index (χ3v) is 5.43.